The fourth-order valence-electron chi connectivity index (χ4n) is 4.55. The van der Waals surface area contributed by atoms with Gasteiger partial charge in [-0.3, -0.25) is 19.0 Å². The van der Waals surface area contributed by atoms with Crippen LogP contribution >= 0.6 is 0 Å². The molecule has 3 N–H and O–H groups in total. The van der Waals surface area contributed by atoms with Gasteiger partial charge >= 0.3 is 0 Å². The zero-order valence-corrected chi connectivity index (χ0v) is 19.8. The number of rotatable bonds is 8. The summed E-state index contributed by atoms with van der Waals surface area (Å²) in [5.74, 6) is -0.584. The highest BCUT2D eigenvalue weighted by molar-refractivity contribution is 5.96. The highest BCUT2D eigenvalue weighted by atomic mass is 16.3. The van der Waals surface area contributed by atoms with Gasteiger partial charge in [0.15, 0.2) is 11.4 Å². The third-order valence-corrected chi connectivity index (χ3v) is 6.37. The number of nitrogens with one attached hydrogen (secondary N) is 2. The van der Waals surface area contributed by atoms with Gasteiger partial charge in [0.05, 0.1) is 0 Å². The number of carbonyl (C=O) groups is 2. The van der Waals surface area contributed by atoms with Gasteiger partial charge in [0, 0.05) is 44.2 Å². The van der Waals surface area contributed by atoms with E-state index >= 15 is 0 Å². The van der Waals surface area contributed by atoms with E-state index in [0.717, 1.165) is 38.8 Å². The standard InChI is InChI=1S/C23H34N6O4/c1-13(2)12-28-20-16(11-14(3)21(31)27-9-5-6-10-27)18(24-4)26-29(20)23(33)17(22(28)32)19(30)25-15-7-8-15/h13-15,32H,5-12H2,1-4H3,(H,24,26)(H,25,30). The predicted molar refractivity (Wildman–Crippen MR) is 125 cm³/mol. The zero-order valence-electron chi connectivity index (χ0n) is 19.8. The van der Waals surface area contributed by atoms with E-state index < -0.39 is 11.5 Å². The molecule has 2 fully saturated rings. The smallest absolute Gasteiger partial charge is 0.291 e. The third-order valence-electron chi connectivity index (χ3n) is 6.37. The van der Waals surface area contributed by atoms with Gasteiger partial charge in [-0.05, 0) is 38.0 Å². The van der Waals surface area contributed by atoms with Crippen LogP contribution in [0.4, 0.5) is 5.82 Å². The SMILES string of the molecule is CNc1nn2c(=O)c(C(=O)NC3CC3)c(O)n(CC(C)C)c2c1CC(C)C(=O)N1CCCC1. The maximum Gasteiger partial charge on any atom is 0.291 e. The first-order chi connectivity index (χ1) is 15.7. The van der Waals surface area contributed by atoms with Gasteiger partial charge in [-0.1, -0.05) is 20.8 Å². The molecule has 1 atom stereocenters. The molecule has 1 saturated heterocycles. The molecule has 3 heterocycles. The molecule has 0 radical (unpaired) electrons. The quantitative estimate of drug-likeness (QED) is 0.552. The van der Waals surface area contributed by atoms with E-state index in [-0.39, 0.29) is 35.2 Å². The molecule has 180 valence electrons. The third kappa shape index (κ3) is 4.43. The van der Waals surface area contributed by atoms with Crippen molar-refractivity contribution in [3.05, 3.63) is 21.5 Å². The Hall–Kier alpha value is -3.04. The summed E-state index contributed by atoms with van der Waals surface area (Å²) in [4.78, 5) is 41.0. The highest BCUT2D eigenvalue weighted by Crippen LogP contribution is 2.29. The monoisotopic (exact) mass is 458 g/mol. The number of aromatic hydroxyl groups is 1. The molecule has 0 bridgehead atoms. The van der Waals surface area contributed by atoms with Crippen molar-refractivity contribution >= 4 is 23.3 Å². The van der Waals surface area contributed by atoms with Gasteiger partial charge in [-0.25, -0.2) is 0 Å². The average molecular weight is 459 g/mol. The molecule has 33 heavy (non-hydrogen) atoms. The summed E-state index contributed by atoms with van der Waals surface area (Å²) in [6, 6.07) is 0.0454. The van der Waals surface area contributed by atoms with Gasteiger partial charge in [0.25, 0.3) is 11.5 Å². The van der Waals surface area contributed by atoms with Crippen molar-refractivity contribution in [3.8, 4) is 5.88 Å². The van der Waals surface area contributed by atoms with Crippen LogP contribution in [0.25, 0.3) is 5.65 Å². The van der Waals surface area contributed by atoms with E-state index in [0.29, 0.717) is 30.0 Å². The molecule has 0 spiro atoms. The number of anilines is 1. The van der Waals surface area contributed by atoms with Crippen LogP contribution < -0.4 is 16.2 Å². The van der Waals surface area contributed by atoms with Crippen LogP contribution in [0.15, 0.2) is 4.79 Å². The Morgan fingerprint density at radius 3 is 2.42 bits per heavy atom. The molecule has 0 aromatic carbocycles. The lowest BCUT2D eigenvalue weighted by Crippen LogP contribution is -2.35. The van der Waals surface area contributed by atoms with Crippen molar-refractivity contribution in [2.45, 2.75) is 65.5 Å². The van der Waals surface area contributed by atoms with Crippen molar-refractivity contribution in [2.75, 3.05) is 25.5 Å². The average Bonchev–Trinajstić information content (AvgIpc) is 3.26. The van der Waals surface area contributed by atoms with Crippen molar-refractivity contribution in [3.63, 3.8) is 0 Å². The molecule has 1 unspecified atom stereocenters. The second-order valence-electron chi connectivity index (χ2n) is 9.71. The molecule has 1 aliphatic carbocycles. The number of hydrogen-bond donors (Lipinski definition) is 3. The van der Waals surface area contributed by atoms with E-state index in [2.05, 4.69) is 15.7 Å². The van der Waals surface area contributed by atoms with Gasteiger partial charge < -0.3 is 20.6 Å². The van der Waals surface area contributed by atoms with Gasteiger partial charge in [-0.2, -0.15) is 4.52 Å². The van der Waals surface area contributed by atoms with Crippen LogP contribution in [0.1, 0.15) is 62.4 Å². The van der Waals surface area contributed by atoms with Crippen LogP contribution in [0.3, 0.4) is 0 Å². The summed E-state index contributed by atoms with van der Waals surface area (Å²) in [5.41, 5.74) is 0.134. The maximum absolute atomic E-state index is 13.3. The van der Waals surface area contributed by atoms with Gasteiger partial charge in [-0.15, -0.1) is 5.10 Å². The minimum atomic E-state index is -0.665. The van der Waals surface area contributed by atoms with Crippen LogP contribution in [-0.4, -0.2) is 62.2 Å². The largest absolute Gasteiger partial charge is 0.494 e. The number of hydrogen-bond acceptors (Lipinski definition) is 6. The van der Waals surface area contributed by atoms with Gasteiger partial charge in [0.1, 0.15) is 5.65 Å². The van der Waals surface area contributed by atoms with Crippen molar-refractivity contribution < 1.29 is 14.7 Å². The first-order valence-corrected chi connectivity index (χ1v) is 11.9. The van der Waals surface area contributed by atoms with E-state index in [1.807, 2.05) is 25.7 Å². The van der Waals surface area contributed by atoms with Crippen molar-refractivity contribution in [1.82, 2.24) is 24.4 Å². The number of nitrogens with zero attached hydrogens (tertiary/aromatic N) is 4. The summed E-state index contributed by atoms with van der Waals surface area (Å²) in [6.07, 6.45) is 4.13. The van der Waals surface area contributed by atoms with E-state index in [1.165, 1.54) is 4.52 Å². The molecular weight excluding hydrogens is 424 g/mol. The van der Waals surface area contributed by atoms with Crippen LogP contribution in [0, 0.1) is 11.8 Å². The lowest BCUT2D eigenvalue weighted by molar-refractivity contribution is -0.133. The van der Waals surface area contributed by atoms with E-state index in [4.69, 9.17) is 0 Å². The minimum absolute atomic E-state index is 0.0454. The molecule has 1 aliphatic heterocycles. The zero-order chi connectivity index (χ0) is 23.9. The molecular formula is C23H34N6O4. The Balaban J connectivity index is 1.83. The Bertz CT molecular complexity index is 1120. The van der Waals surface area contributed by atoms with E-state index in [1.54, 1.807) is 11.6 Å². The Labute approximate surface area is 192 Å². The second-order valence-corrected chi connectivity index (χ2v) is 9.71. The Morgan fingerprint density at radius 2 is 1.85 bits per heavy atom. The van der Waals surface area contributed by atoms with Crippen molar-refractivity contribution in [2.24, 2.45) is 11.8 Å². The summed E-state index contributed by atoms with van der Waals surface area (Å²) in [6.45, 7) is 7.80. The van der Waals surface area contributed by atoms with Crippen molar-refractivity contribution in [1.29, 1.82) is 0 Å². The predicted octanol–water partition coefficient (Wildman–Crippen LogP) is 1.59. The number of carbonyl (C=O) groups excluding carboxylic acids is 2. The van der Waals surface area contributed by atoms with Crippen LogP contribution in [0.2, 0.25) is 0 Å². The fourth-order valence-corrected chi connectivity index (χ4v) is 4.55. The molecule has 2 aromatic heterocycles. The maximum atomic E-state index is 13.3. The van der Waals surface area contributed by atoms with E-state index in [9.17, 15) is 19.5 Å². The first kappa shape index (κ1) is 23.1. The number of amides is 2. The first-order valence-electron chi connectivity index (χ1n) is 11.9. The molecule has 2 aromatic rings. The highest BCUT2D eigenvalue weighted by Gasteiger charge is 2.32. The second kappa shape index (κ2) is 9.07. The molecule has 10 heteroatoms. The molecule has 2 amide bonds. The Kier molecular flexibility index (Phi) is 6.36. The molecule has 10 nitrogen and oxygen atoms in total. The summed E-state index contributed by atoms with van der Waals surface area (Å²) in [7, 11) is 1.70. The van der Waals surface area contributed by atoms with Crippen LogP contribution in [-0.2, 0) is 17.8 Å². The molecule has 1 saturated carbocycles. The molecule has 4 rings (SSSR count). The van der Waals surface area contributed by atoms with Gasteiger partial charge in [0.2, 0.25) is 11.8 Å². The number of fused-ring (bicyclic) bond motifs is 1. The number of likely N-dealkylation sites (tertiary alicyclic amines) is 1. The lowest BCUT2D eigenvalue weighted by Gasteiger charge is -2.21. The minimum Gasteiger partial charge on any atom is -0.494 e. The lowest BCUT2D eigenvalue weighted by atomic mass is 10.0. The normalized spacial score (nSPS) is 17.1. The topological polar surface area (TPSA) is 121 Å². The molecule has 2 aliphatic rings. The fraction of sp³-hybridized carbons (Fsp3) is 0.652. The summed E-state index contributed by atoms with van der Waals surface area (Å²) in [5, 5.41) is 21.4. The van der Waals surface area contributed by atoms with Crippen LogP contribution in [0.5, 0.6) is 5.88 Å². The summed E-state index contributed by atoms with van der Waals surface area (Å²) < 4.78 is 2.78. The summed E-state index contributed by atoms with van der Waals surface area (Å²) >= 11 is 0. The number of aromatic nitrogens is 3. The Morgan fingerprint density at radius 1 is 1.18 bits per heavy atom.